The van der Waals surface area contributed by atoms with Crippen molar-refractivity contribution in [2.45, 2.75) is 26.3 Å². The van der Waals surface area contributed by atoms with E-state index in [4.69, 9.17) is 0 Å². The van der Waals surface area contributed by atoms with Crippen LogP contribution in [0.5, 0.6) is 0 Å². The van der Waals surface area contributed by atoms with Gasteiger partial charge >= 0.3 is 0 Å². The average molecular weight is 270 g/mol. The first-order valence-electron chi connectivity index (χ1n) is 7.31. The van der Waals surface area contributed by atoms with Crippen LogP contribution in [0.4, 0.5) is 11.4 Å². The summed E-state index contributed by atoms with van der Waals surface area (Å²) in [4.78, 5) is 2.49. The highest BCUT2D eigenvalue weighted by molar-refractivity contribution is 5.56. The number of benzene rings is 1. The van der Waals surface area contributed by atoms with Crippen LogP contribution in [-0.4, -0.2) is 22.9 Å². The number of hydrogen-bond acceptors (Lipinski definition) is 3. The van der Waals surface area contributed by atoms with Crippen molar-refractivity contribution >= 4 is 11.4 Å². The Morgan fingerprint density at radius 2 is 1.95 bits per heavy atom. The van der Waals surface area contributed by atoms with Crippen LogP contribution < -0.4 is 10.2 Å². The lowest BCUT2D eigenvalue weighted by atomic mass is 10.1. The third-order valence-electron chi connectivity index (χ3n) is 3.92. The molecule has 0 spiro atoms. The number of nitrogens with one attached hydrogen (secondary N) is 1. The van der Waals surface area contributed by atoms with Gasteiger partial charge in [0.05, 0.1) is 11.4 Å². The van der Waals surface area contributed by atoms with Gasteiger partial charge in [0.2, 0.25) is 0 Å². The van der Waals surface area contributed by atoms with Gasteiger partial charge in [-0.1, -0.05) is 18.2 Å². The topological polar surface area (TPSA) is 33.1 Å². The van der Waals surface area contributed by atoms with Crippen molar-refractivity contribution in [3.63, 3.8) is 0 Å². The molecule has 1 aromatic heterocycles. The lowest BCUT2D eigenvalue weighted by molar-refractivity contribution is 0.756. The van der Waals surface area contributed by atoms with E-state index in [1.807, 2.05) is 24.9 Å². The number of rotatable bonds is 4. The van der Waals surface area contributed by atoms with E-state index >= 15 is 0 Å². The van der Waals surface area contributed by atoms with Crippen molar-refractivity contribution in [1.82, 2.24) is 9.78 Å². The summed E-state index contributed by atoms with van der Waals surface area (Å²) in [7, 11) is 1.95. The summed E-state index contributed by atoms with van der Waals surface area (Å²) in [6.45, 7) is 5.25. The predicted molar refractivity (Wildman–Crippen MR) is 83.2 cm³/mol. The third kappa shape index (κ3) is 2.64. The van der Waals surface area contributed by atoms with E-state index in [0.717, 1.165) is 17.9 Å². The highest BCUT2D eigenvalue weighted by Gasteiger charge is 2.15. The summed E-state index contributed by atoms with van der Waals surface area (Å²) in [5, 5.41) is 7.87. The maximum Gasteiger partial charge on any atom is 0.0825 e. The SMILES string of the molecule is Cc1nn(C)cc1NCc1ccccc1N1CCCC1. The molecule has 0 atom stereocenters. The Morgan fingerprint density at radius 3 is 2.65 bits per heavy atom. The molecule has 2 heterocycles. The van der Waals surface area contributed by atoms with E-state index in [1.165, 1.54) is 37.2 Å². The molecular formula is C16H22N4. The van der Waals surface area contributed by atoms with Gasteiger partial charge in [0, 0.05) is 38.6 Å². The molecule has 1 saturated heterocycles. The largest absolute Gasteiger partial charge is 0.378 e. The van der Waals surface area contributed by atoms with Gasteiger partial charge < -0.3 is 10.2 Å². The Labute approximate surface area is 120 Å². The second-order valence-corrected chi connectivity index (χ2v) is 5.48. The van der Waals surface area contributed by atoms with Crippen LogP contribution in [0.1, 0.15) is 24.1 Å². The summed E-state index contributed by atoms with van der Waals surface area (Å²) < 4.78 is 1.85. The number of aryl methyl sites for hydroxylation is 2. The number of para-hydroxylation sites is 1. The van der Waals surface area contributed by atoms with Gasteiger partial charge in [-0.05, 0) is 31.4 Å². The van der Waals surface area contributed by atoms with Gasteiger partial charge in [-0.25, -0.2) is 0 Å². The minimum atomic E-state index is 0.846. The van der Waals surface area contributed by atoms with Crippen molar-refractivity contribution in [1.29, 1.82) is 0 Å². The first-order chi connectivity index (χ1) is 9.74. The Kier molecular flexibility index (Phi) is 3.63. The molecule has 1 aliphatic rings. The van der Waals surface area contributed by atoms with E-state index in [9.17, 15) is 0 Å². The molecule has 1 N–H and O–H groups in total. The standard InChI is InChI=1S/C16H22N4/c1-13-15(12-19(2)18-13)17-11-14-7-3-4-8-16(14)20-9-5-6-10-20/h3-4,7-8,12,17H,5-6,9-11H2,1-2H3. The maximum absolute atomic E-state index is 4.37. The number of anilines is 2. The van der Waals surface area contributed by atoms with E-state index in [-0.39, 0.29) is 0 Å². The van der Waals surface area contributed by atoms with Crippen molar-refractivity contribution in [3.8, 4) is 0 Å². The molecule has 0 bridgehead atoms. The lowest BCUT2D eigenvalue weighted by Crippen LogP contribution is -2.19. The second-order valence-electron chi connectivity index (χ2n) is 5.48. The van der Waals surface area contributed by atoms with Gasteiger partial charge in [0.1, 0.15) is 0 Å². The summed E-state index contributed by atoms with van der Waals surface area (Å²) >= 11 is 0. The van der Waals surface area contributed by atoms with Crippen LogP contribution in [-0.2, 0) is 13.6 Å². The first-order valence-corrected chi connectivity index (χ1v) is 7.31. The molecule has 1 aromatic carbocycles. The van der Waals surface area contributed by atoms with Gasteiger partial charge in [0.25, 0.3) is 0 Å². The highest BCUT2D eigenvalue weighted by atomic mass is 15.3. The smallest absolute Gasteiger partial charge is 0.0825 e. The fraction of sp³-hybridized carbons (Fsp3) is 0.438. The Balaban J connectivity index is 1.75. The van der Waals surface area contributed by atoms with Crippen molar-refractivity contribution < 1.29 is 0 Å². The summed E-state index contributed by atoms with van der Waals surface area (Å²) in [5.41, 5.74) is 4.89. The summed E-state index contributed by atoms with van der Waals surface area (Å²) in [6, 6.07) is 8.70. The fourth-order valence-corrected chi connectivity index (χ4v) is 2.89. The summed E-state index contributed by atoms with van der Waals surface area (Å²) in [5.74, 6) is 0. The number of nitrogens with zero attached hydrogens (tertiary/aromatic N) is 3. The number of aromatic nitrogens is 2. The van der Waals surface area contributed by atoms with Crippen molar-refractivity contribution in [3.05, 3.63) is 41.7 Å². The Morgan fingerprint density at radius 1 is 1.20 bits per heavy atom. The molecule has 4 heteroatoms. The normalized spacial score (nSPS) is 14.8. The van der Waals surface area contributed by atoms with E-state index in [2.05, 4.69) is 39.6 Å². The van der Waals surface area contributed by atoms with Crippen LogP contribution in [0.2, 0.25) is 0 Å². The van der Waals surface area contributed by atoms with Crippen LogP contribution in [0.3, 0.4) is 0 Å². The van der Waals surface area contributed by atoms with E-state index < -0.39 is 0 Å². The minimum absolute atomic E-state index is 0.846. The van der Waals surface area contributed by atoms with Crippen LogP contribution >= 0.6 is 0 Å². The fourth-order valence-electron chi connectivity index (χ4n) is 2.89. The monoisotopic (exact) mass is 270 g/mol. The van der Waals surface area contributed by atoms with E-state index in [0.29, 0.717) is 0 Å². The Hall–Kier alpha value is -1.97. The molecule has 0 amide bonds. The number of hydrogen-bond donors (Lipinski definition) is 1. The molecule has 0 unspecified atom stereocenters. The van der Waals surface area contributed by atoms with Crippen molar-refractivity contribution in [2.75, 3.05) is 23.3 Å². The molecular weight excluding hydrogens is 248 g/mol. The zero-order chi connectivity index (χ0) is 13.9. The van der Waals surface area contributed by atoms with Gasteiger partial charge in [-0.3, -0.25) is 4.68 Å². The second kappa shape index (κ2) is 5.57. The third-order valence-corrected chi connectivity index (χ3v) is 3.92. The van der Waals surface area contributed by atoms with Crippen LogP contribution in [0.15, 0.2) is 30.5 Å². The molecule has 2 aromatic rings. The maximum atomic E-state index is 4.37. The molecule has 0 radical (unpaired) electrons. The van der Waals surface area contributed by atoms with Crippen molar-refractivity contribution in [2.24, 2.45) is 7.05 Å². The highest BCUT2D eigenvalue weighted by Crippen LogP contribution is 2.25. The zero-order valence-corrected chi connectivity index (χ0v) is 12.3. The lowest BCUT2D eigenvalue weighted by Gasteiger charge is -2.21. The van der Waals surface area contributed by atoms with Gasteiger partial charge in [-0.2, -0.15) is 5.10 Å². The molecule has 106 valence electrons. The van der Waals surface area contributed by atoms with Gasteiger partial charge in [-0.15, -0.1) is 0 Å². The molecule has 1 fully saturated rings. The Bertz CT molecular complexity index is 582. The first kappa shape index (κ1) is 13.0. The van der Waals surface area contributed by atoms with Crippen LogP contribution in [0, 0.1) is 6.92 Å². The predicted octanol–water partition coefficient (Wildman–Crippen LogP) is 2.94. The molecule has 0 aliphatic carbocycles. The molecule has 0 saturated carbocycles. The molecule has 4 nitrogen and oxygen atoms in total. The molecule has 20 heavy (non-hydrogen) atoms. The van der Waals surface area contributed by atoms with E-state index in [1.54, 1.807) is 0 Å². The quantitative estimate of drug-likeness (QED) is 0.927. The minimum Gasteiger partial charge on any atom is -0.378 e. The molecule has 3 rings (SSSR count). The van der Waals surface area contributed by atoms with Gasteiger partial charge in [0.15, 0.2) is 0 Å². The van der Waals surface area contributed by atoms with Crippen LogP contribution in [0.25, 0.3) is 0 Å². The molecule has 1 aliphatic heterocycles. The summed E-state index contributed by atoms with van der Waals surface area (Å²) in [6.07, 6.45) is 4.65. The average Bonchev–Trinajstić information content (AvgIpc) is 3.07. The zero-order valence-electron chi connectivity index (χ0n) is 12.3.